The monoisotopic (exact) mass is 492 g/mol. The lowest BCUT2D eigenvalue weighted by atomic mass is 10.0. The zero-order valence-electron chi connectivity index (χ0n) is 19.4. The van der Waals surface area contributed by atoms with Crippen LogP contribution in [-0.2, 0) is 27.3 Å². The molecule has 3 aliphatic heterocycles. The van der Waals surface area contributed by atoms with E-state index < -0.39 is 29.7 Å². The minimum Gasteiger partial charge on any atom is -0.493 e. The second-order valence-corrected chi connectivity index (χ2v) is 8.83. The fourth-order valence-corrected chi connectivity index (χ4v) is 4.74. The molecule has 36 heavy (non-hydrogen) atoms. The number of nitrogen functional groups attached to an aromatic ring is 1. The van der Waals surface area contributed by atoms with Crippen LogP contribution in [0.5, 0.6) is 5.75 Å². The van der Waals surface area contributed by atoms with Gasteiger partial charge < -0.3 is 15.4 Å². The van der Waals surface area contributed by atoms with Crippen LogP contribution in [0.2, 0.25) is 0 Å². The smallest absolute Gasteiger partial charge is 0.266 e. The number of carbonyl (C=O) groups excluding carboxylic acids is 5. The third-order valence-electron chi connectivity index (χ3n) is 6.61. The number of hydrogen-bond acceptors (Lipinski definition) is 9. The zero-order valence-corrected chi connectivity index (χ0v) is 19.4. The van der Waals surface area contributed by atoms with Gasteiger partial charge in [0.25, 0.3) is 11.8 Å². The Morgan fingerprint density at radius 2 is 1.97 bits per heavy atom. The first-order chi connectivity index (χ1) is 17.3. The van der Waals surface area contributed by atoms with Gasteiger partial charge >= 0.3 is 0 Å². The quantitative estimate of drug-likeness (QED) is 0.423. The molecule has 0 saturated carbocycles. The highest BCUT2D eigenvalue weighted by molar-refractivity contribution is 6.24. The third-order valence-corrected chi connectivity index (χ3v) is 6.61. The number of benzene rings is 1. The molecule has 3 N–H and O–H groups in total. The van der Waals surface area contributed by atoms with E-state index in [1.807, 2.05) is 0 Å². The van der Waals surface area contributed by atoms with E-state index in [4.69, 9.17) is 10.5 Å². The second kappa shape index (κ2) is 9.36. The average Bonchev–Trinajstić information content (AvgIpc) is 3.12. The van der Waals surface area contributed by atoms with Crippen LogP contribution in [0.4, 0.5) is 5.82 Å². The number of anilines is 1. The molecule has 5 amide bonds. The van der Waals surface area contributed by atoms with Gasteiger partial charge in [0.15, 0.2) is 0 Å². The first kappa shape index (κ1) is 23.4. The van der Waals surface area contributed by atoms with Crippen LogP contribution in [0.15, 0.2) is 24.5 Å². The molecule has 3 aliphatic rings. The number of piperidine rings is 1. The van der Waals surface area contributed by atoms with Gasteiger partial charge in [0.05, 0.1) is 30.0 Å². The lowest BCUT2D eigenvalue weighted by Gasteiger charge is -2.28. The summed E-state index contributed by atoms with van der Waals surface area (Å²) in [6, 6.07) is 3.62. The number of aromatic nitrogens is 2. The van der Waals surface area contributed by atoms with Crippen LogP contribution in [-0.4, -0.2) is 68.5 Å². The third kappa shape index (κ3) is 4.14. The molecule has 1 atom stereocenters. The Balaban J connectivity index is 1.19. The number of nitrogens with two attached hydrogens (primary N) is 1. The highest BCUT2D eigenvalue weighted by Crippen LogP contribution is 2.33. The molecule has 12 heteroatoms. The zero-order chi connectivity index (χ0) is 25.4. The number of rotatable bonds is 6. The highest BCUT2D eigenvalue weighted by Gasteiger charge is 2.46. The van der Waals surface area contributed by atoms with E-state index in [2.05, 4.69) is 15.3 Å². The summed E-state index contributed by atoms with van der Waals surface area (Å²) in [5, 5.41) is 2.17. The molecule has 0 radical (unpaired) electrons. The van der Waals surface area contributed by atoms with Crippen molar-refractivity contribution in [2.24, 2.45) is 0 Å². The molecular formula is C24H24N6O6. The maximum atomic E-state index is 13.1. The Labute approximate surface area is 205 Å². The average molecular weight is 492 g/mol. The van der Waals surface area contributed by atoms with E-state index in [1.54, 1.807) is 17.0 Å². The van der Waals surface area contributed by atoms with Gasteiger partial charge in [-0.2, -0.15) is 0 Å². The molecule has 0 aliphatic carbocycles. The summed E-state index contributed by atoms with van der Waals surface area (Å²) in [7, 11) is 0. The van der Waals surface area contributed by atoms with Gasteiger partial charge in [-0.05, 0) is 25.0 Å². The first-order valence-corrected chi connectivity index (χ1v) is 11.7. The van der Waals surface area contributed by atoms with Crippen molar-refractivity contribution in [3.05, 3.63) is 46.9 Å². The molecule has 1 saturated heterocycles. The predicted molar refractivity (Wildman–Crippen MR) is 123 cm³/mol. The number of nitrogens with one attached hydrogen (secondary N) is 1. The maximum absolute atomic E-state index is 13.1. The van der Waals surface area contributed by atoms with Crippen LogP contribution in [0.25, 0.3) is 0 Å². The normalized spacial score (nSPS) is 19.2. The number of ether oxygens (including phenoxy) is 1. The minimum absolute atomic E-state index is 0.0451. The molecule has 5 rings (SSSR count). The summed E-state index contributed by atoms with van der Waals surface area (Å²) in [6.45, 7) is 1.06. The molecule has 186 valence electrons. The summed E-state index contributed by atoms with van der Waals surface area (Å²) < 4.78 is 5.80. The first-order valence-electron chi connectivity index (χ1n) is 11.7. The maximum Gasteiger partial charge on any atom is 0.266 e. The van der Waals surface area contributed by atoms with Gasteiger partial charge in [-0.1, -0.05) is 6.07 Å². The molecule has 1 aromatic carbocycles. The van der Waals surface area contributed by atoms with Crippen molar-refractivity contribution in [3.8, 4) is 5.75 Å². The van der Waals surface area contributed by atoms with Gasteiger partial charge in [0, 0.05) is 31.4 Å². The minimum atomic E-state index is -1.05. The van der Waals surface area contributed by atoms with E-state index in [1.165, 1.54) is 12.4 Å². The lowest BCUT2D eigenvalue weighted by Crippen LogP contribution is -2.54. The molecule has 0 spiro atoms. The molecule has 4 heterocycles. The lowest BCUT2D eigenvalue weighted by molar-refractivity contribution is -0.136. The summed E-state index contributed by atoms with van der Waals surface area (Å²) in [6.07, 6.45) is 2.78. The Hall–Kier alpha value is -4.35. The number of fused-ring (bicyclic) bond motifs is 2. The van der Waals surface area contributed by atoms with Crippen molar-refractivity contribution in [2.75, 3.05) is 18.9 Å². The van der Waals surface area contributed by atoms with Crippen molar-refractivity contribution in [3.63, 3.8) is 0 Å². The van der Waals surface area contributed by atoms with Crippen LogP contribution >= 0.6 is 0 Å². The van der Waals surface area contributed by atoms with Crippen LogP contribution in [0.3, 0.4) is 0 Å². The molecule has 1 unspecified atom stereocenters. The Morgan fingerprint density at radius 3 is 2.78 bits per heavy atom. The highest BCUT2D eigenvalue weighted by atomic mass is 16.5. The fraction of sp³-hybridized carbons (Fsp3) is 0.375. The van der Waals surface area contributed by atoms with Crippen molar-refractivity contribution >= 4 is 35.4 Å². The van der Waals surface area contributed by atoms with Gasteiger partial charge in [0.2, 0.25) is 17.7 Å². The molecular weight excluding hydrogens is 468 g/mol. The number of amides is 5. The van der Waals surface area contributed by atoms with E-state index in [0.29, 0.717) is 31.7 Å². The summed E-state index contributed by atoms with van der Waals surface area (Å²) in [4.78, 5) is 73.3. The van der Waals surface area contributed by atoms with Crippen molar-refractivity contribution in [1.82, 2.24) is 25.1 Å². The summed E-state index contributed by atoms with van der Waals surface area (Å²) in [5.74, 6) is -1.80. The van der Waals surface area contributed by atoms with Crippen molar-refractivity contribution < 1.29 is 28.7 Å². The summed E-state index contributed by atoms with van der Waals surface area (Å²) in [5.41, 5.74) is 7.79. The summed E-state index contributed by atoms with van der Waals surface area (Å²) >= 11 is 0. The van der Waals surface area contributed by atoms with E-state index in [9.17, 15) is 24.0 Å². The van der Waals surface area contributed by atoms with Crippen molar-refractivity contribution in [1.29, 1.82) is 0 Å². The van der Waals surface area contributed by atoms with Crippen LogP contribution in [0, 0.1) is 0 Å². The van der Waals surface area contributed by atoms with Gasteiger partial charge in [0.1, 0.15) is 23.9 Å². The standard InChI is InChI=1S/C24H24N6O6/c25-21-14-11-29(9-8-15(14)26-12-27-21)19(32)5-2-10-36-17-4-1-3-13-20(17)24(35)30(23(13)34)16-6-7-18(31)28-22(16)33/h1,3-4,12,16H,2,5-11H2,(H2,25,26,27)(H,28,31,33). The number of nitrogens with zero attached hydrogens (tertiary/aromatic N) is 4. The Bertz CT molecular complexity index is 1290. The van der Waals surface area contributed by atoms with Gasteiger partial charge in [-0.15, -0.1) is 0 Å². The van der Waals surface area contributed by atoms with Crippen LogP contribution < -0.4 is 15.8 Å². The van der Waals surface area contributed by atoms with Crippen molar-refractivity contribution in [2.45, 2.75) is 44.7 Å². The largest absolute Gasteiger partial charge is 0.493 e. The number of imide groups is 2. The van der Waals surface area contributed by atoms with Gasteiger partial charge in [-0.25, -0.2) is 9.97 Å². The number of hydrogen-bond donors (Lipinski definition) is 2. The Morgan fingerprint density at radius 1 is 1.14 bits per heavy atom. The molecule has 12 nitrogen and oxygen atoms in total. The van der Waals surface area contributed by atoms with Gasteiger partial charge in [-0.3, -0.25) is 34.2 Å². The fourth-order valence-electron chi connectivity index (χ4n) is 4.74. The number of carbonyl (C=O) groups is 5. The van der Waals surface area contributed by atoms with Crippen LogP contribution in [0.1, 0.15) is 57.7 Å². The van der Waals surface area contributed by atoms with E-state index >= 15 is 0 Å². The molecule has 1 fully saturated rings. The second-order valence-electron chi connectivity index (χ2n) is 8.83. The van der Waals surface area contributed by atoms with E-state index in [0.717, 1.165) is 16.2 Å². The molecule has 1 aromatic heterocycles. The topological polar surface area (TPSA) is 165 Å². The Kier molecular flexibility index (Phi) is 6.08. The predicted octanol–water partition coefficient (Wildman–Crippen LogP) is 0.204. The molecule has 2 aromatic rings. The van der Waals surface area contributed by atoms with E-state index in [-0.39, 0.29) is 48.7 Å². The SMILES string of the molecule is Nc1ncnc2c1CN(C(=O)CCCOc1cccc3c1C(=O)N(C1CCC(=O)NC1=O)C3=O)CC2. The molecule has 0 bridgehead atoms.